The SMILES string of the molecule is CC(C)(C)c1ccc(NC(=O)Nc2cccnc2Oc2ccccc2[Si](C)(C)C)cc1. The highest BCUT2D eigenvalue weighted by atomic mass is 28.3. The molecule has 0 unspecified atom stereocenters. The summed E-state index contributed by atoms with van der Waals surface area (Å²) >= 11 is 0. The molecule has 1 aromatic heterocycles. The molecule has 0 aliphatic rings. The molecule has 31 heavy (non-hydrogen) atoms. The fourth-order valence-electron chi connectivity index (χ4n) is 3.18. The van der Waals surface area contributed by atoms with E-state index in [9.17, 15) is 4.79 Å². The molecule has 0 saturated heterocycles. The van der Waals surface area contributed by atoms with Crippen LogP contribution in [0.5, 0.6) is 11.6 Å². The van der Waals surface area contributed by atoms with Crippen LogP contribution in [0.2, 0.25) is 19.6 Å². The predicted molar refractivity (Wildman–Crippen MR) is 132 cm³/mol. The molecule has 0 aliphatic heterocycles. The molecule has 0 radical (unpaired) electrons. The third-order valence-corrected chi connectivity index (χ3v) is 6.96. The lowest BCUT2D eigenvalue weighted by molar-refractivity contribution is 0.262. The van der Waals surface area contributed by atoms with Gasteiger partial charge in [0.1, 0.15) is 11.4 Å². The monoisotopic (exact) mass is 433 g/mol. The first-order valence-electron chi connectivity index (χ1n) is 10.4. The number of para-hydroxylation sites is 1. The molecule has 2 amide bonds. The number of hydrogen-bond acceptors (Lipinski definition) is 3. The van der Waals surface area contributed by atoms with Gasteiger partial charge in [0.25, 0.3) is 0 Å². The van der Waals surface area contributed by atoms with E-state index in [-0.39, 0.29) is 11.4 Å². The smallest absolute Gasteiger partial charge is 0.323 e. The minimum Gasteiger partial charge on any atom is -0.437 e. The maximum atomic E-state index is 12.6. The number of carbonyl (C=O) groups is 1. The molecule has 0 spiro atoms. The summed E-state index contributed by atoms with van der Waals surface area (Å²) in [6, 6.07) is 19.1. The van der Waals surface area contributed by atoms with Gasteiger partial charge < -0.3 is 15.4 Å². The molecule has 0 fully saturated rings. The van der Waals surface area contributed by atoms with Crippen molar-refractivity contribution in [1.82, 2.24) is 4.98 Å². The molecule has 2 aromatic carbocycles. The Hall–Kier alpha value is -3.12. The largest absolute Gasteiger partial charge is 0.437 e. The van der Waals surface area contributed by atoms with E-state index in [2.05, 4.69) is 62.1 Å². The van der Waals surface area contributed by atoms with Crippen LogP contribution in [0.15, 0.2) is 66.9 Å². The number of pyridine rings is 1. The Morgan fingerprint density at radius 1 is 0.903 bits per heavy atom. The maximum absolute atomic E-state index is 12.6. The molecular weight excluding hydrogens is 402 g/mol. The molecule has 6 heteroatoms. The Bertz CT molecular complexity index is 1050. The van der Waals surface area contributed by atoms with E-state index < -0.39 is 8.07 Å². The topological polar surface area (TPSA) is 63.2 Å². The average molecular weight is 434 g/mol. The van der Waals surface area contributed by atoms with Gasteiger partial charge in [0.15, 0.2) is 0 Å². The number of nitrogens with zero attached hydrogens (tertiary/aromatic N) is 1. The van der Waals surface area contributed by atoms with Gasteiger partial charge in [-0.1, -0.05) is 70.7 Å². The van der Waals surface area contributed by atoms with Gasteiger partial charge in [-0.05, 0) is 46.5 Å². The number of aromatic nitrogens is 1. The van der Waals surface area contributed by atoms with Crippen molar-refractivity contribution >= 4 is 30.7 Å². The molecular formula is C25H31N3O2Si. The molecule has 5 nitrogen and oxygen atoms in total. The van der Waals surface area contributed by atoms with Crippen LogP contribution in [-0.2, 0) is 5.41 Å². The Morgan fingerprint density at radius 3 is 2.23 bits per heavy atom. The second-order valence-electron chi connectivity index (χ2n) is 9.61. The fourth-order valence-corrected chi connectivity index (χ4v) is 4.65. The van der Waals surface area contributed by atoms with Gasteiger partial charge in [0, 0.05) is 11.9 Å². The van der Waals surface area contributed by atoms with E-state index in [1.54, 1.807) is 18.3 Å². The summed E-state index contributed by atoms with van der Waals surface area (Å²) in [5.74, 6) is 1.15. The minimum absolute atomic E-state index is 0.0644. The lowest BCUT2D eigenvalue weighted by Crippen LogP contribution is -2.38. The number of urea groups is 1. The highest BCUT2D eigenvalue weighted by Crippen LogP contribution is 2.28. The van der Waals surface area contributed by atoms with Crippen LogP contribution in [0.1, 0.15) is 26.3 Å². The quantitative estimate of drug-likeness (QED) is 0.460. The predicted octanol–water partition coefficient (Wildman–Crippen LogP) is 6.36. The third-order valence-electron chi connectivity index (χ3n) is 4.93. The normalized spacial score (nSPS) is 11.7. The van der Waals surface area contributed by atoms with Crippen molar-refractivity contribution in [3.8, 4) is 11.6 Å². The van der Waals surface area contributed by atoms with Crippen LogP contribution in [0, 0.1) is 0 Å². The van der Waals surface area contributed by atoms with Gasteiger partial charge in [-0.2, -0.15) is 0 Å². The van der Waals surface area contributed by atoms with E-state index in [1.165, 1.54) is 10.8 Å². The van der Waals surface area contributed by atoms with Crippen molar-refractivity contribution in [3.05, 3.63) is 72.4 Å². The van der Waals surface area contributed by atoms with Gasteiger partial charge >= 0.3 is 6.03 Å². The average Bonchev–Trinajstić information content (AvgIpc) is 2.69. The van der Waals surface area contributed by atoms with Gasteiger partial charge in [-0.3, -0.25) is 0 Å². The number of anilines is 2. The second-order valence-corrected chi connectivity index (χ2v) is 14.6. The van der Waals surface area contributed by atoms with Gasteiger partial charge in [0.05, 0.1) is 8.07 Å². The Morgan fingerprint density at radius 2 is 1.58 bits per heavy atom. The van der Waals surface area contributed by atoms with Crippen molar-refractivity contribution in [2.45, 2.75) is 45.8 Å². The first-order chi connectivity index (χ1) is 14.5. The van der Waals surface area contributed by atoms with Crippen LogP contribution >= 0.6 is 0 Å². The minimum atomic E-state index is -1.60. The zero-order valence-corrected chi connectivity index (χ0v) is 20.1. The Balaban J connectivity index is 1.75. The first-order valence-corrected chi connectivity index (χ1v) is 13.9. The summed E-state index contributed by atoms with van der Waals surface area (Å²) in [4.78, 5) is 16.9. The van der Waals surface area contributed by atoms with E-state index in [4.69, 9.17) is 4.74 Å². The highest BCUT2D eigenvalue weighted by Gasteiger charge is 2.22. The summed E-state index contributed by atoms with van der Waals surface area (Å²) < 4.78 is 6.15. The number of ether oxygens (including phenoxy) is 1. The van der Waals surface area contributed by atoms with Gasteiger partial charge in [-0.15, -0.1) is 0 Å². The lowest BCUT2D eigenvalue weighted by atomic mass is 9.87. The fraction of sp³-hybridized carbons (Fsp3) is 0.280. The van der Waals surface area contributed by atoms with E-state index in [0.717, 1.165) is 11.4 Å². The van der Waals surface area contributed by atoms with Crippen LogP contribution in [-0.4, -0.2) is 19.1 Å². The van der Waals surface area contributed by atoms with Crippen molar-refractivity contribution in [3.63, 3.8) is 0 Å². The standard InChI is InChI=1S/C25H31N3O2Si/c1-25(2,3)18-13-15-19(16-14-18)27-24(29)28-20-10-9-17-26-23(20)30-21-11-7-8-12-22(21)31(4,5)6/h7-17H,1-6H3,(H2,27,28,29). The maximum Gasteiger partial charge on any atom is 0.323 e. The summed E-state index contributed by atoms with van der Waals surface area (Å²) in [6.07, 6.45) is 1.65. The molecule has 0 aliphatic carbocycles. The van der Waals surface area contributed by atoms with Crippen molar-refractivity contribution in [2.24, 2.45) is 0 Å². The molecule has 1 heterocycles. The number of amides is 2. The third kappa shape index (κ3) is 5.95. The molecule has 0 bridgehead atoms. The Labute approximate surface area is 185 Å². The van der Waals surface area contributed by atoms with Crippen molar-refractivity contribution in [1.29, 1.82) is 0 Å². The summed E-state index contributed by atoms with van der Waals surface area (Å²) in [7, 11) is -1.60. The number of benzene rings is 2. The zero-order valence-electron chi connectivity index (χ0n) is 19.1. The van der Waals surface area contributed by atoms with E-state index in [1.807, 2.05) is 42.5 Å². The molecule has 0 atom stereocenters. The van der Waals surface area contributed by atoms with Gasteiger partial charge in [0.2, 0.25) is 5.88 Å². The van der Waals surface area contributed by atoms with Crippen LogP contribution < -0.4 is 20.6 Å². The first kappa shape index (κ1) is 22.6. The molecule has 3 aromatic rings. The number of nitrogens with one attached hydrogen (secondary N) is 2. The molecule has 0 saturated carbocycles. The van der Waals surface area contributed by atoms with E-state index >= 15 is 0 Å². The van der Waals surface area contributed by atoms with Crippen LogP contribution in [0.3, 0.4) is 0 Å². The lowest BCUT2D eigenvalue weighted by Gasteiger charge is -2.21. The molecule has 3 rings (SSSR count). The van der Waals surface area contributed by atoms with Crippen LogP contribution in [0.4, 0.5) is 16.2 Å². The van der Waals surface area contributed by atoms with Crippen LogP contribution in [0.25, 0.3) is 0 Å². The zero-order chi connectivity index (χ0) is 22.6. The number of carbonyl (C=O) groups excluding carboxylic acids is 1. The summed E-state index contributed by atoms with van der Waals surface area (Å²) in [6.45, 7) is 13.3. The highest BCUT2D eigenvalue weighted by molar-refractivity contribution is 6.89. The molecule has 2 N–H and O–H groups in total. The summed E-state index contributed by atoms with van der Waals surface area (Å²) in [5, 5.41) is 6.93. The van der Waals surface area contributed by atoms with Crippen molar-refractivity contribution in [2.75, 3.05) is 10.6 Å². The van der Waals surface area contributed by atoms with Gasteiger partial charge in [-0.25, -0.2) is 9.78 Å². The molecule has 162 valence electrons. The van der Waals surface area contributed by atoms with E-state index in [0.29, 0.717) is 11.6 Å². The Kier molecular flexibility index (Phi) is 6.50. The van der Waals surface area contributed by atoms with Crippen molar-refractivity contribution < 1.29 is 9.53 Å². The number of hydrogen-bond donors (Lipinski definition) is 2. The summed E-state index contributed by atoms with van der Waals surface area (Å²) in [5.41, 5.74) is 2.51. The second kappa shape index (κ2) is 8.94. The number of rotatable bonds is 5.